The van der Waals surface area contributed by atoms with Crippen molar-refractivity contribution in [3.05, 3.63) is 76.8 Å². The highest BCUT2D eigenvalue weighted by Gasteiger charge is 2.31. The van der Waals surface area contributed by atoms with Gasteiger partial charge in [0.25, 0.3) is 0 Å². The van der Waals surface area contributed by atoms with E-state index in [1.165, 1.54) is 0 Å². The summed E-state index contributed by atoms with van der Waals surface area (Å²) >= 11 is 6.06. The topological polar surface area (TPSA) is 37.3 Å². The molecule has 1 aliphatic carbocycles. The van der Waals surface area contributed by atoms with Gasteiger partial charge in [-0.2, -0.15) is 0 Å². The summed E-state index contributed by atoms with van der Waals surface area (Å²) in [4.78, 5) is 12.8. The first-order valence-corrected chi connectivity index (χ1v) is 7.30. The van der Waals surface area contributed by atoms with Crippen LogP contribution in [0.4, 0.5) is 0 Å². The molecule has 0 spiro atoms. The molecule has 1 aliphatic rings. The fourth-order valence-corrected chi connectivity index (χ4v) is 3.19. The molecule has 0 radical (unpaired) electrons. The molecule has 0 aliphatic heterocycles. The second kappa shape index (κ2) is 4.72. The molecular weight excluding hydrogens is 296 g/mol. The molecule has 0 bridgehead atoms. The summed E-state index contributed by atoms with van der Waals surface area (Å²) in [5, 5.41) is 10.9. The van der Waals surface area contributed by atoms with Gasteiger partial charge in [0, 0.05) is 21.7 Å². The van der Waals surface area contributed by atoms with E-state index in [4.69, 9.17) is 11.6 Å². The van der Waals surface area contributed by atoms with Crippen molar-refractivity contribution in [3.63, 3.8) is 0 Å². The lowest BCUT2D eigenvalue weighted by atomic mass is 9.94. The van der Waals surface area contributed by atoms with Crippen LogP contribution in [0.15, 0.2) is 60.7 Å². The molecule has 0 atom stereocenters. The number of rotatable bonds is 1. The van der Waals surface area contributed by atoms with E-state index in [9.17, 15) is 9.90 Å². The lowest BCUT2D eigenvalue weighted by Crippen LogP contribution is -1.98. The highest BCUT2D eigenvalue weighted by Crippen LogP contribution is 2.45. The van der Waals surface area contributed by atoms with Crippen molar-refractivity contribution in [2.75, 3.05) is 0 Å². The number of phenolic OH excluding ortho intramolecular Hbond substituents is 1. The molecule has 4 rings (SSSR count). The van der Waals surface area contributed by atoms with Gasteiger partial charge in [0.1, 0.15) is 5.75 Å². The number of hydrogen-bond acceptors (Lipinski definition) is 2. The third kappa shape index (κ3) is 1.78. The van der Waals surface area contributed by atoms with Crippen LogP contribution in [0.1, 0.15) is 15.9 Å². The Morgan fingerprint density at radius 3 is 2.27 bits per heavy atom. The number of hydrogen-bond donors (Lipinski definition) is 1. The van der Waals surface area contributed by atoms with Gasteiger partial charge in [-0.05, 0) is 47.0 Å². The van der Waals surface area contributed by atoms with Crippen molar-refractivity contribution < 1.29 is 9.90 Å². The van der Waals surface area contributed by atoms with Crippen LogP contribution in [0.5, 0.6) is 5.75 Å². The van der Waals surface area contributed by atoms with Crippen LogP contribution >= 0.6 is 11.6 Å². The summed E-state index contributed by atoms with van der Waals surface area (Å²) in [6.45, 7) is 0. The Morgan fingerprint density at radius 2 is 1.50 bits per heavy atom. The number of carbonyl (C=O) groups is 1. The predicted molar refractivity (Wildman–Crippen MR) is 87.4 cm³/mol. The summed E-state index contributed by atoms with van der Waals surface area (Å²) in [7, 11) is 0. The molecular formula is C19H11ClO2. The van der Waals surface area contributed by atoms with Gasteiger partial charge >= 0.3 is 0 Å². The van der Waals surface area contributed by atoms with Crippen LogP contribution in [-0.4, -0.2) is 10.9 Å². The van der Waals surface area contributed by atoms with E-state index in [1.54, 1.807) is 30.3 Å². The predicted octanol–water partition coefficient (Wildman–Crippen LogP) is 4.92. The number of benzene rings is 3. The third-order valence-corrected chi connectivity index (χ3v) is 4.22. The quantitative estimate of drug-likeness (QED) is 0.542. The Morgan fingerprint density at radius 1 is 0.773 bits per heavy atom. The first kappa shape index (κ1) is 13.1. The first-order valence-electron chi connectivity index (χ1n) is 6.93. The van der Waals surface area contributed by atoms with Crippen molar-refractivity contribution in [2.45, 2.75) is 0 Å². The van der Waals surface area contributed by atoms with E-state index in [2.05, 4.69) is 0 Å². The second-order valence-corrected chi connectivity index (χ2v) is 5.70. The SMILES string of the molecule is O=C1c2ccc(Cl)cc2-c2ccc(O)c(-c3ccccc3)c21. The summed E-state index contributed by atoms with van der Waals surface area (Å²) in [5.41, 5.74) is 4.22. The van der Waals surface area contributed by atoms with E-state index in [1.807, 2.05) is 30.3 Å². The zero-order chi connectivity index (χ0) is 15.3. The van der Waals surface area contributed by atoms with Crippen LogP contribution in [-0.2, 0) is 0 Å². The third-order valence-electron chi connectivity index (χ3n) is 3.99. The van der Waals surface area contributed by atoms with Gasteiger partial charge in [-0.3, -0.25) is 4.79 Å². The minimum absolute atomic E-state index is 0.0728. The van der Waals surface area contributed by atoms with E-state index < -0.39 is 0 Å². The zero-order valence-corrected chi connectivity index (χ0v) is 12.3. The van der Waals surface area contributed by atoms with Crippen LogP contribution < -0.4 is 0 Å². The average molecular weight is 307 g/mol. The van der Waals surface area contributed by atoms with Crippen molar-refractivity contribution in [1.82, 2.24) is 0 Å². The smallest absolute Gasteiger partial charge is 0.195 e. The Hall–Kier alpha value is -2.58. The summed E-state index contributed by atoms with van der Waals surface area (Å²) < 4.78 is 0. The molecule has 3 heteroatoms. The maximum atomic E-state index is 12.8. The van der Waals surface area contributed by atoms with E-state index in [0.29, 0.717) is 21.7 Å². The van der Waals surface area contributed by atoms with E-state index in [-0.39, 0.29) is 11.5 Å². The maximum absolute atomic E-state index is 12.8. The van der Waals surface area contributed by atoms with Gasteiger partial charge in [-0.15, -0.1) is 0 Å². The molecule has 22 heavy (non-hydrogen) atoms. The van der Waals surface area contributed by atoms with E-state index >= 15 is 0 Å². The van der Waals surface area contributed by atoms with Gasteiger partial charge in [0.15, 0.2) is 5.78 Å². The number of ketones is 1. The Labute approximate surface area is 132 Å². The molecule has 3 aromatic rings. The molecule has 0 amide bonds. The van der Waals surface area contributed by atoms with E-state index in [0.717, 1.165) is 16.7 Å². The largest absolute Gasteiger partial charge is 0.507 e. The molecule has 1 N–H and O–H groups in total. The number of phenols is 1. The summed E-state index contributed by atoms with van der Waals surface area (Å²) in [5.74, 6) is 0.0358. The van der Waals surface area contributed by atoms with Crippen molar-refractivity contribution in [3.8, 4) is 28.0 Å². The number of carbonyl (C=O) groups excluding carboxylic acids is 1. The highest BCUT2D eigenvalue weighted by atomic mass is 35.5. The van der Waals surface area contributed by atoms with Gasteiger partial charge in [-0.1, -0.05) is 41.9 Å². The molecule has 106 valence electrons. The van der Waals surface area contributed by atoms with Crippen molar-refractivity contribution >= 4 is 17.4 Å². The molecule has 0 heterocycles. The first-order chi connectivity index (χ1) is 10.7. The fourth-order valence-electron chi connectivity index (χ4n) is 3.02. The van der Waals surface area contributed by atoms with Crippen LogP contribution in [0, 0.1) is 0 Å². The Bertz CT molecular complexity index is 914. The average Bonchev–Trinajstić information content (AvgIpc) is 2.80. The molecule has 0 saturated heterocycles. The van der Waals surface area contributed by atoms with Crippen LogP contribution in [0.3, 0.4) is 0 Å². The van der Waals surface area contributed by atoms with Gasteiger partial charge in [0.2, 0.25) is 0 Å². The van der Waals surface area contributed by atoms with Gasteiger partial charge < -0.3 is 5.11 Å². The van der Waals surface area contributed by atoms with Crippen molar-refractivity contribution in [1.29, 1.82) is 0 Å². The molecule has 2 nitrogen and oxygen atoms in total. The maximum Gasteiger partial charge on any atom is 0.195 e. The number of halogens is 1. The zero-order valence-electron chi connectivity index (χ0n) is 11.5. The number of aromatic hydroxyl groups is 1. The molecule has 3 aromatic carbocycles. The van der Waals surface area contributed by atoms with Crippen molar-refractivity contribution in [2.24, 2.45) is 0 Å². The van der Waals surface area contributed by atoms with Gasteiger partial charge in [-0.25, -0.2) is 0 Å². The van der Waals surface area contributed by atoms with Crippen LogP contribution in [0.2, 0.25) is 5.02 Å². The number of fused-ring (bicyclic) bond motifs is 3. The Kier molecular flexibility index (Phi) is 2.81. The molecule has 0 saturated carbocycles. The molecule has 0 fully saturated rings. The van der Waals surface area contributed by atoms with Gasteiger partial charge in [0.05, 0.1) is 0 Å². The molecule has 0 aromatic heterocycles. The second-order valence-electron chi connectivity index (χ2n) is 5.27. The standard InChI is InChI=1S/C19H11ClO2/c20-12-6-7-14-15(10-12)13-8-9-16(21)17(18(13)19(14)22)11-4-2-1-3-5-11/h1-10,21H. The normalized spacial score (nSPS) is 12.1. The monoisotopic (exact) mass is 306 g/mol. The minimum atomic E-state index is -0.0728. The molecule has 0 unspecified atom stereocenters. The minimum Gasteiger partial charge on any atom is -0.507 e. The highest BCUT2D eigenvalue weighted by molar-refractivity contribution is 6.32. The van der Waals surface area contributed by atoms with Crippen LogP contribution in [0.25, 0.3) is 22.3 Å². The lowest BCUT2D eigenvalue weighted by molar-refractivity contribution is 0.104. The summed E-state index contributed by atoms with van der Waals surface area (Å²) in [6, 6.07) is 18.1. The fraction of sp³-hybridized carbons (Fsp3) is 0. The summed E-state index contributed by atoms with van der Waals surface area (Å²) in [6.07, 6.45) is 0. The lowest BCUT2D eigenvalue weighted by Gasteiger charge is -2.10. The Balaban J connectivity index is 2.06.